The Balaban J connectivity index is 1.66. The van der Waals surface area contributed by atoms with E-state index in [-0.39, 0.29) is 11.9 Å². The van der Waals surface area contributed by atoms with Gasteiger partial charge in [0.15, 0.2) is 0 Å². The molecule has 0 bridgehead atoms. The molecule has 2 atom stereocenters. The molecule has 6 heteroatoms. The standard InChI is InChI=1S/C13H24N4O2/c1-9(2)3-15-13(19)16-12(18)8-17-6-10-4-14-5-11(10)7-17/h9-11,14H,3-8H2,1-2H3,(H2,15,16,18,19)/t10-,11+. The molecule has 0 aromatic rings. The van der Waals surface area contributed by atoms with E-state index in [9.17, 15) is 9.59 Å². The highest BCUT2D eigenvalue weighted by molar-refractivity contribution is 5.95. The number of carbonyl (C=O) groups is 2. The van der Waals surface area contributed by atoms with Crippen molar-refractivity contribution in [2.75, 3.05) is 39.3 Å². The van der Waals surface area contributed by atoms with Gasteiger partial charge in [-0.1, -0.05) is 13.8 Å². The van der Waals surface area contributed by atoms with Gasteiger partial charge in [0, 0.05) is 19.6 Å². The molecule has 0 aliphatic carbocycles. The zero-order valence-electron chi connectivity index (χ0n) is 11.7. The SMILES string of the molecule is CC(C)CNC(=O)NC(=O)CN1C[C@H]2CNC[C@H]2C1. The average molecular weight is 268 g/mol. The Kier molecular flexibility index (Phi) is 4.76. The maximum atomic E-state index is 11.7. The maximum absolute atomic E-state index is 11.7. The molecule has 6 nitrogen and oxygen atoms in total. The summed E-state index contributed by atoms with van der Waals surface area (Å²) >= 11 is 0. The molecule has 0 saturated carbocycles. The number of nitrogens with zero attached hydrogens (tertiary/aromatic N) is 1. The Morgan fingerprint density at radius 2 is 1.89 bits per heavy atom. The fourth-order valence-electron chi connectivity index (χ4n) is 2.79. The first kappa shape index (κ1) is 14.3. The Bertz CT molecular complexity index is 334. The van der Waals surface area contributed by atoms with Gasteiger partial charge in [-0.15, -0.1) is 0 Å². The molecule has 2 heterocycles. The van der Waals surface area contributed by atoms with Crippen LogP contribution in [0.3, 0.4) is 0 Å². The van der Waals surface area contributed by atoms with E-state index in [1.54, 1.807) is 0 Å². The van der Waals surface area contributed by atoms with Gasteiger partial charge in [0.25, 0.3) is 0 Å². The molecule has 0 spiro atoms. The van der Waals surface area contributed by atoms with Gasteiger partial charge in [-0.2, -0.15) is 0 Å². The third-order valence-corrected chi connectivity index (χ3v) is 3.76. The van der Waals surface area contributed by atoms with Crippen LogP contribution in [0.4, 0.5) is 4.79 Å². The molecule has 2 rings (SSSR count). The first-order valence-corrected chi connectivity index (χ1v) is 7.05. The summed E-state index contributed by atoms with van der Waals surface area (Å²) in [6.07, 6.45) is 0. The summed E-state index contributed by atoms with van der Waals surface area (Å²) in [6.45, 7) is 8.95. The van der Waals surface area contributed by atoms with Crippen molar-refractivity contribution in [1.82, 2.24) is 20.9 Å². The van der Waals surface area contributed by atoms with E-state index in [0.29, 0.717) is 30.8 Å². The number of rotatable bonds is 4. The summed E-state index contributed by atoms with van der Waals surface area (Å²) in [6, 6.07) is -0.389. The fraction of sp³-hybridized carbons (Fsp3) is 0.846. The van der Waals surface area contributed by atoms with Gasteiger partial charge in [0.05, 0.1) is 6.54 Å². The van der Waals surface area contributed by atoms with Crippen LogP contribution < -0.4 is 16.0 Å². The van der Waals surface area contributed by atoms with Crippen LogP contribution in [0.15, 0.2) is 0 Å². The van der Waals surface area contributed by atoms with E-state index >= 15 is 0 Å². The summed E-state index contributed by atoms with van der Waals surface area (Å²) in [5.41, 5.74) is 0. The van der Waals surface area contributed by atoms with Gasteiger partial charge in [-0.3, -0.25) is 15.0 Å². The topological polar surface area (TPSA) is 73.5 Å². The fourth-order valence-corrected chi connectivity index (χ4v) is 2.79. The minimum atomic E-state index is -0.389. The van der Waals surface area contributed by atoms with Crippen molar-refractivity contribution in [2.45, 2.75) is 13.8 Å². The molecule has 3 amide bonds. The van der Waals surface area contributed by atoms with Crippen LogP contribution in [0.5, 0.6) is 0 Å². The second-order valence-electron chi connectivity index (χ2n) is 6.02. The largest absolute Gasteiger partial charge is 0.338 e. The van der Waals surface area contributed by atoms with E-state index in [2.05, 4.69) is 20.9 Å². The zero-order valence-corrected chi connectivity index (χ0v) is 11.7. The van der Waals surface area contributed by atoms with Gasteiger partial charge < -0.3 is 10.6 Å². The monoisotopic (exact) mass is 268 g/mol. The number of nitrogens with one attached hydrogen (secondary N) is 3. The summed E-state index contributed by atoms with van der Waals surface area (Å²) < 4.78 is 0. The Morgan fingerprint density at radius 3 is 2.47 bits per heavy atom. The second kappa shape index (κ2) is 6.34. The maximum Gasteiger partial charge on any atom is 0.321 e. The third kappa shape index (κ3) is 4.18. The Hall–Kier alpha value is -1.14. The highest BCUT2D eigenvalue weighted by Gasteiger charge is 2.36. The molecule has 0 unspecified atom stereocenters. The molecule has 0 radical (unpaired) electrons. The number of carbonyl (C=O) groups excluding carboxylic acids is 2. The second-order valence-corrected chi connectivity index (χ2v) is 6.02. The molecular weight excluding hydrogens is 244 g/mol. The molecule has 2 saturated heterocycles. The van der Waals surface area contributed by atoms with Crippen LogP contribution in [0.2, 0.25) is 0 Å². The van der Waals surface area contributed by atoms with Gasteiger partial charge in [0.1, 0.15) is 0 Å². The Labute approximate surface area is 114 Å². The van der Waals surface area contributed by atoms with Crippen molar-refractivity contribution in [2.24, 2.45) is 17.8 Å². The van der Waals surface area contributed by atoms with Crippen LogP contribution in [-0.4, -0.2) is 56.1 Å². The molecule has 3 N–H and O–H groups in total. The number of urea groups is 1. The molecule has 2 aliphatic rings. The first-order valence-electron chi connectivity index (χ1n) is 7.05. The van der Waals surface area contributed by atoms with Gasteiger partial charge in [-0.05, 0) is 30.8 Å². The van der Waals surface area contributed by atoms with Crippen molar-refractivity contribution < 1.29 is 9.59 Å². The van der Waals surface area contributed by atoms with Gasteiger partial charge in [-0.25, -0.2) is 4.79 Å². The van der Waals surface area contributed by atoms with Crippen molar-refractivity contribution in [1.29, 1.82) is 0 Å². The smallest absolute Gasteiger partial charge is 0.321 e. The van der Waals surface area contributed by atoms with Gasteiger partial charge in [0.2, 0.25) is 5.91 Å². The minimum absolute atomic E-state index is 0.214. The predicted molar refractivity (Wildman–Crippen MR) is 72.7 cm³/mol. The number of likely N-dealkylation sites (tertiary alicyclic amines) is 1. The van der Waals surface area contributed by atoms with E-state index in [1.807, 2.05) is 13.8 Å². The minimum Gasteiger partial charge on any atom is -0.338 e. The van der Waals surface area contributed by atoms with Crippen LogP contribution in [0.1, 0.15) is 13.8 Å². The van der Waals surface area contributed by atoms with Crippen molar-refractivity contribution in [3.8, 4) is 0 Å². The molecule has 0 aromatic heterocycles. The number of hydrogen-bond acceptors (Lipinski definition) is 4. The van der Waals surface area contributed by atoms with E-state index in [4.69, 9.17) is 0 Å². The molecule has 19 heavy (non-hydrogen) atoms. The lowest BCUT2D eigenvalue weighted by atomic mass is 10.0. The first-order chi connectivity index (χ1) is 9.04. The normalized spacial score (nSPS) is 26.5. The number of amides is 3. The van der Waals surface area contributed by atoms with Crippen LogP contribution in [0, 0.1) is 17.8 Å². The zero-order chi connectivity index (χ0) is 13.8. The van der Waals surface area contributed by atoms with E-state index in [1.165, 1.54) is 0 Å². The lowest BCUT2D eigenvalue weighted by molar-refractivity contribution is -0.121. The average Bonchev–Trinajstić information content (AvgIpc) is 2.86. The molecule has 2 aliphatic heterocycles. The predicted octanol–water partition coefficient (Wildman–Crippen LogP) is -0.381. The lowest BCUT2D eigenvalue weighted by Gasteiger charge is -2.16. The summed E-state index contributed by atoms with van der Waals surface area (Å²) in [5.74, 6) is 1.51. The van der Waals surface area contributed by atoms with Crippen LogP contribution in [-0.2, 0) is 4.79 Å². The highest BCUT2D eigenvalue weighted by Crippen LogP contribution is 2.25. The molecule has 0 aromatic carbocycles. The van der Waals surface area contributed by atoms with Gasteiger partial charge >= 0.3 is 6.03 Å². The quantitative estimate of drug-likeness (QED) is 0.650. The van der Waals surface area contributed by atoms with Crippen molar-refractivity contribution in [3.05, 3.63) is 0 Å². The van der Waals surface area contributed by atoms with Crippen molar-refractivity contribution >= 4 is 11.9 Å². The lowest BCUT2D eigenvalue weighted by Crippen LogP contribution is -2.45. The third-order valence-electron chi connectivity index (χ3n) is 3.76. The molecular formula is C13H24N4O2. The van der Waals surface area contributed by atoms with Crippen LogP contribution in [0.25, 0.3) is 0 Å². The Morgan fingerprint density at radius 1 is 1.26 bits per heavy atom. The molecule has 108 valence electrons. The number of imide groups is 1. The highest BCUT2D eigenvalue weighted by atomic mass is 16.2. The van der Waals surface area contributed by atoms with E-state index in [0.717, 1.165) is 26.2 Å². The van der Waals surface area contributed by atoms with Crippen LogP contribution >= 0.6 is 0 Å². The number of fused-ring (bicyclic) bond motifs is 1. The summed E-state index contributed by atoms with van der Waals surface area (Å²) in [7, 11) is 0. The van der Waals surface area contributed by atoms with E-state index < -0.39 is 0 Å². The van der Waals surface area contributed by atoms with Crippen molar-refractivity contribution in [3.63, 3.8) is 0 Å². The molecule has 2 fully saturated rings. The number of hydrogen-bond donors (Lipinski definition) is 3. The summed E-state index contributed by atoms with van der Waals surface area (Å²) in [4.78, 5) is 25.3. The summed E-state index contributed by atoms with van der Waals surface area (Å²) in [5, 5.41) is 8.43.